The first-order valence-corrected chi connectivity index (χ1v) is 13.9. The first-order valence-electron chi connectivity index (χ1n) is 13.6. The van der Waals surface area contributed by atoms with Crippen LogP contribution >= 0.6 is 11.6 Å². The Morgan fingerprint density at radius 3 is 2.05 bits per heavy atom. The van der Waals surface area contributed by atoms with E-state index in [1.807, 2.05) is 24.3 Å². The van der Waals surface area contributed by atoms with Crippen LogP contribution in [0.2, 0.25) is 5.02 Å². The molecule has 4 nitrogen and oxygen atoms in total. The van der Waals surface area contributed by atoms with E-state index in [9.17, 15) is 5.11 Å². The largest absolute Gasteiger partial charge is 0.508 e. The molecule has 4 aromatic carbocycles. The Morgan fingerprint density at radius 1 is 0.769 bits per heavy atom. The van der Waals surface area contributed by atoms with Crippen molar-refractivity contribution < 1.29 is 5.11 Å². The van der Waals surface area contributed by atoms with Gasteiger partial charge in [0.2, 0.25) is 0 Å². The summed E-state index contributed by atoms with van der Waals surface area (Å²) in [5.41, 5.74) is 6.65. The molecule has 0 bridgehead atoms. The zero-order chi connectivity index (χ0) is 27.0. The minimum atomic E-state index is 0.176. The third kappa shape index (κ3) is 6.59. The number of aromatic hydroxyl groups is 1. The van der Waals surface area contributed by atoms with Crippen LogP contribution in [0.1, 0.15) is 36.6 Å². The summed E-state index contributed by atoms with van der Waals surface area (Å²) in [6.07, 6.45) is 2.17. The maximum Gasteiger partial charge on any atom is 0.140 e. The van der Waals surface area contributed by atoms with E-state index in [0.29, 0.717) is 18.1 Å². The van der Waals surface area contributed by atoms with E-state index in [1.54, 1.807) is 12.1 Å². The Balaban J connectivity index is 1.62. The van der Waals surface area contributed by atoms with Gasteiger partial charge in [0.15, 0.2) is 0 Å². The molecular weight excluding hydrogens is 502 g/mol. The van der Waals surface area contributed by atoms with E-state index in [2.05, 4.69) is 89.2 Å². The van der Waals surface area contributed by atoms with Crippen LogP contribution < -0.4 is 0 Å². The molecule has 0 saturated heterocycles. The van der Waals surface area contributed by atoms with E-state index in [-0.39, 0.29) is 5.75 Å². The van der Waals surface area contributed by atoms with Crippen molar-refractivity contribution in [2.75, 3.05) is 0 Å². The van der Waals surface area contributed by atoms with Gasteiger partial charge in [-0.15, -0.1) is 0 Å². The van der Waals surface area contributed by atoms with E-state index in [4.69, 9.17) is 16.6 Å². The van der Waals surface area contributed by atoms with Gasteiger partial charge in [-0.2, -0.15) is 0 Å². The predicted octanol–water partition coefficient (Wildman–Crippen LogP) is 8.58. The lowest BCUT2D eigenvalue weighted by Crippen LogP contribution is -2.24. The molecule has 0 aliphatic carbocycles. The Bertz CT molecular complexity index is 1480. The molecule has 0 unspecified atom stereocenters. The summed E-state index contributed by atoms with van der Waals surface area (Å²) < 4.78 is 2.41. The highest BCUT2D eigenvalue weighted by molar-refractivity contribution is 6.31. The summed E-state index contributed by atoms with van der Waals surface area (Å²) in [6.45, 7) is 5.22. The number of imidazole rings is 1. The lowest BCUT2D eigenvalue weighted by molar-refractivity contribution is 0.241. The maximum absolute atomic E-state index is 9.92. The van der Waals surface area contributed by atoms with Crippen molar-refractivity contribution in [1.29, 1.82) is 0 Å². The van der Waals surface area contributed by atoms with Gasteiger partial charge >= 0.3 is 0 Å². The number of hydrogen-bond donors (Lipinski definition) is 1. The highest BCUT2D eigenvalue weighted by Crippen LogP contribution is 2.32. The number of nitrogens with zero attached hydrogens (tertiary/aromatic N) is 3. The third-order valence-electron chi connectivity index (χ3n) is 6.94. The van der Waals surface area contributed by atoms with Gasteiger partial charge in [-0.05, 0) is 29.7 Å². The first kappa shape index (κ1) is 26.7. The summed E-state index contributed by atoms with van der Waals surface area (Å²) in [6, 6.07) is 36.7. The van der Waals surface area contributed by atoms with Gasteiger partial charge in [-0.25, -0.2) is 4.98 Å². The van der Waals surface area contributed by atoms with Crippen molar-refractivity contribution >= 4 is 11.6 Å². The molecular formula is C34H34ClN3O. The molecule has 1 aromatic heterocycles. The molecule has 0 fully saturated rings. The molecule has 39 heavy (non-hydrogen) atoms. The van der Waals surface area contributed by atoms with Crippen LogP contribution in [0.15, 0.2) is 109 Å². The molecule has 0 radical (unpaired) electrons. The number of halogens is 1. The van der Waals surface area contributed by atoms with E-state index >= 15 is 0 Å². The number of unbranched alkanes of at least 4 members (excludes halogenated alkanes) is 1. The average Bonchev–Trinajstić information content (AvgIpc) is 3.32. The summed E-state index contributed by atoms with van der Waals surface area (Å²) >= 11 is 6.59. The van der Waals surface area contributed by atoms with E-state index < -0.39 is 0 Å². The van der Waals surface area contributed by atoms with E-state index in [0.717, 1.165) is 54.1 Å². The SMILES string of the molecule is CCCCn1c(-c2ccccc2)nc(-c2ccccc2)c1CN(Cc1ccccc1)Cc1ccc(O)cc1Cl. The fourth-order valence-electron chi connectivity index (χ4n) is 4.97. The molecule has 0 amide bonds. The van der Waals surface area contributed by atoms with Crippen LogP contribution in [0.25, 0.3) is 22.6 Å². The Labute approximate surface area is 236 Å². The molecule has 0 atom stereocenters. The molecule has 0 spiro atoms. The molecule has 5 rings (SSSR count). The Kier molecular flexibility index (Phi) is 8.77. The molecule has 1 heterocycles. The van der Waals surface area contributed by atoms with Crippen molar-refractivity contribution in [2.45, 2.75) is 45.9 Å². The van der Waals surface area contributed by atoms with Gasteiger partial charge in [0.05, 0.1) is 11.4 Å². The van der Waals surface area contributed by atoms with Crippen molar-refractivity contribution in [3.8, 4) is 28.4 Å². The highest BCUT2D eigenvalue weighted by Gasteiger charge is 2.22. The van der Waals surface area contributed by atoms with Gasteiger partial charge in [-0.1, -0.05) is 122 Å². The second kappa shape index (κ2) is 12.8. The second-order valence-electron chi connectivity index (χ2n) is 9.87. The van der Waals surface area contributed by atoms with Crippen LogP contribution in [0.4, 0.5) is 0 Å². The normalized spacial score (nSPS) is 11.3. The summed E-state index contributed by atoms with van der Waals surface area (Å²) in [4.78, 5) is 7.69. The van der Waals surface area contributed by atoms with Gasteiger partial charge in [0, 0.05) is 42.3 Å². The lowest BCUT2D eigenvalue weighted by atomic mass is 10.1. The minimum absolute atomic E-state index is 0.176. The van der Waals surface area contributed by atoms with Gasteiger partial charge in [0.1, 0.15) is 11.6 Å². The van der Waals surface area contributed by atoms with Crippen LogP contribution in [-0.4, -0.2) is 19.6 Å². The zero-order valence-corrected chi connectivity index (χ0v) is 23.1. The molecule has 0 aliphatic heterocycles. The highest BCUT2D eigenvalue weighted by atomic mass is 35.5. The number of hydrogen-bond acceptors (Lipinski definition) is 3. The number of phenols is 1. The summed E-state index contributed by atoms with van der Waals surface area (Å²) in [5.74, 6) is 1.18. The number of benzene rings is 4. The van der Waals surface area contributed by atoms with Gasteiger partial charge < -0.3 is 9.67 Å². The van der Waals surface area contributed by atoms with Crippen molar-refractivity contribution in [3.05, 3.63) is 131 Å². The summed E-state index contributed by atoms with van der Waals surface area (Å²) in [5, 5.41) is 10.5. The van der Waals surface area contributed by atoms with Crippen LogP contribution in [0, 0.1) is 0 Å². The topological polar surface area (TPSA) is 41.3 Å². The third-order valence-corrected chi connectivity index (χ3v) is 7.29. The van der Waals surface area contributed by atoms with E-state index in [1.165, 1.54) is 11.3 Å². The maximum atomic E-state index is 9.92. The van der Waals surface area contributed by atoms with Crippen molar-refractivity contribution in [1.82, 2.24) is 14.5 Å². The second-order valence-corrected chi connectivity index (χ2v) is 10.3. The average molecular weight is 536 g/mol. The predicted molar refractivity (Wildman–Crippen MR) is 161 cm³/mol. The van der Waals surface area contributed by atoms with Crippen molar-refractivity contribution in [2.24, 2.45) is 0 Å². The van der Waals surface area contributed by atoms with Crippen LogP contribution in [0.3, 0.4) is 0 Å². The standard InChI is InChI=1S/C34H34ClN3O/c1-2-3-21-38-32(33(27-15-9-5-10-16-27)36-34(38)28-17-11-6-12-18-28)25-37(23-26-13-7-4-8-14-26)24-29-19-20-30(39)22-31(29)35/h4-20,22,39H,2-3,21,23-25H2,1H3. The molecule has 5 heteroatoms. The smallest absolute Gasteiger partial charge is 0.140 e. The van der Waals surface area contributed by atoms with Crippen LogP contribution in [-0.2, 0) is 26.2 Å². The van der Waals surface area contributed by atoms with Crippen LogP contribution in [0.5, 0.6) is 5.75 Å². The van der Waals surface area contributed by atoms with Crippen molar-refractivity contribution in [3.63, 3.8) is 0 Å². The molecule has 1 N–H and O–H groups in total. The summed E-state index contributed by atoms with van der Waals surface area (Å²) in [7, 11) is 0. The van der Waals surface area contributed by atoms with Gasteiger partial charge in [-0.3, -0.25) is 4.90 Å². The first-order chi connectivity index (χ1) is 19.1. The fraction of sp³-hybridized carbons (Fsp3) is 0.206. The Morgan fingerprint density at radius 2 is 1.41 bits per heavy atom. The monoisotopic (exact) mass is 535 g/mol. The molecule has 5 aromatic rings. The minimum Gasteiger partial charge on any atom is -0.508 e. The lowest BCUT2D eigenvalue weighted by Gasteiger charge is -2.25. The number of phenolic OH excluding ortho intramolecular Hbond substituents is 1. The quantitative estimate of drug-likeness (QED) is 0.184. The number of aromatic nitrogens is 2. The molecule has 198 valence electrons. The Hall–Kier alpha value is -3.86. The zero-order valence-electron chi connectivity index (χ0n) is 22.3. The fourth-order valence-corrected chi connectivity index (χ4v) is 5.20. The molecule has 0 saturated carbocycles. The van der Waals surface area contributed by atoms with Gasteiger partial charge in [0.25, 0.3) is 0 Å². The molecule has 0 aliphatic rings. The number of rotatable bonds is 11.